The Hall–Kier alpha value is -1.14. The molecule has 0 aliphatic carbocycles. The molecular weight excluding hydrogens is 221 g/mol. The molecule has 0 heterocycles. The zero-order valence-corrected chi connectivity index (χ0v) is 9.01. The van der Waals surface area contributed by atoms with Crippen LogP contribution in [-0.2, 0) is 10.0 Å². The van der Waals surface area contributed by atoms with Gasteiger partial charge < -0.3 is 5.11 Å². The van der Waals surface area contributed by atoms with Gasteiger partial charge in [0, 0.05) is 0 Å². The molecule has 0 aliphatic rings. The highest BCUT2D eigenvalue weighted by atomic mass is 32.2. The van der Waals surface area contributed by atoms with Gasteiger partial charge in [0.25, 0.3) is 0 Å². The maximum Gasteiger partial charge on any atom is 0.234 e. The van der Waals surface area contributed by atoms with Gasteiger partial charge in [-0.05, 0) is 24.6 Å². The predicted octanol–water partition coefficient (Wildman–Crippen LogP) is 0.868. The van der Waals surface area contributed by atoms with Crippen molar-refractivity contribution in [3.8, 4) is 0 Å². The van der Waals surface area contributed by atoms with Crippen LogP contribution < -0.4 is 4.72 Å². The van der Waals surface area contributed by atoms with E-state index in [1.54, 1.807) is 6.92 Å². The molecule has 6 heteroatoms. The summed E-state index contributed by atoms with van der Waals surface area (Å²) >= 11 is 0. The van der Waals surface area contributed by atoms with Crippen LogP contribution in [0.1, 0.15) is 5.56 Å². The lowest BCUT2D eigenvalue weighted by Gasteiger charge is -2.07. The Balaban J connectivity index is 2.86. The number of sulfonamides is 1. The second-order valence-electron chi connectivity index (χ2n) is 3.11. The summed E-state index contributed by atoms with van der Waals surface area (Å²) in [5, 5.41) is 8.49. The lowest BCUT2D eigenvalue weighted by Crippen LogP contribution is -2.18. The maximum atomic E-state index is 13.1. The highest BCUT2D eigenvalue weighted by Gasteiger charge is 2.09. The van der Waals surface area contributed by atoms with E-state index in [0.29, 0.717) is 5.56 Å². The van der Waals surface area contributed by atoms with Crippen molar-refractivity contribution in [3.63, 3.8) is 0 Å². The van der Waals surface area contributed by atoms with Gasteiger partial charge in [-0.3, -0.25) is 4.72 Å². The molecule has 0 unspecified atom stereocenters. The summed E-state index contributed by atoms with van der Waals surface area (Å²) in [5.74, 6) is -0.873. The highest BCUT2D eigenvalue weighted by molar-refractivity contribution is 7.92. The fourth-order valence-electron chi connectivity index (χ4n) is 1.01. The van der Waals surface area contributed by atoms with E-state index in [1.807, 2.05) is 0 Å². The molecule has 0 radical (unpaired) electrons. The van der Waals surface area contributed by atoms with E-state index in [0.717, 1.165) is 6.07 Å². The molecule has 0 atom stereocenters. The van der Waals surface area contributed by atoms with Crippen LogP contribution in [0, 0.1) is 12.7 Å². The third-order valence-corrected chi connectivity index (χ3v) is 3.07. The van der Waals surface area contributed by atoms with Gasteiger partial charge in [0.15, 0.2) is 0 Å². The number of aliphatic hydroxyl groups excluding tert-OH is 1. The minimum absolute atomic E-state index is 0.159. The van der Waals surface area contributed by atoms with Crippen molar-refractivity contribution in [1.29, 1.82) is 0 Å². The van der Waals surface area contributed by atoms with Crippen LogP contribution in [0.2, 0.25) is 0 Å². The van der Waals surface area contributed by atoms with Crippen LogP contribution >= 0.6 is 0 Å². The fraction of sp³-hybridized carbons (Fsp3) is 0.333. The fourth-order valence-corrected chi connectivity index (χ4v) is 1.84. The van der Waals surface area contributed by atoms with Gasteiger partial charge in [-0.15, -0.1) is 0 Å². The van der Waals surface area contributed by atoms with E-state index in [4.69, 9.17) is 5.11 Å². The summed E-state index contributed by atoms with van der Waals surface area (Å²) in [6.45, 7) is 1.12. The first-order chi connectivity index (χ1) is 6.94. The Morgan fingerprint density at radius 3 is 2.67 bits per heavy atom. The number of benzene rings is 1. The van der Waals surface area contributed by atoms with Crippen LogP contribution in [0.4, 0.5) is 10.1 Å². The molecule has 0 fully saturated rings. The van der Waals surface area contributed by atoms with Gasteiger partial charge in [0.05, 0.1) is 18.0 Å². The summed E-state index contributed by atoms with van der Waals surface area (Å²) in [6, 6.07) is 4.05. The van der Waals surface area contributed by atoms with Crippen molar-refractivity contribution in [2.24, 2.45) is 0 Å². The first-order valence-electron chi connectivity index (χ1n) is 4.32. The molecule has 0 aromatic heterocycles. The minimum atomic E-state index is -3.58. The SMILES string of the molecule is Cc1ccc(NS(=O)(=O)CCO)cc1F. The predicted molar refractivity (Wildman–Crippen MR) is 55.6 cm³/mol. The monoisotopic (exact) mass is 233 g/mol. The molecule has 15 heavy (non-hydrogen) atoms. The Morgan fingerprint density at radius 1 is 1.47 bits per heavy atom. The lowest BCUT2D eigenvalue weighted by molar-refractivity contribution is 0.320. The Labute approximate surface area is 87.8 Å². The molecule has 84 valence electrons. The number of aliphatic hydroxyl groups is 1. The van der Waals surface area contributed by atoms with Crippen molar-refractivity contribution in [1.82, 2.24) is 0 Å². The van der Waals surface area contributed by atoms with Crippen molar-refractivity contribution >= 4 is 15.7 Å². The number of nitrogens with one attached hydrogen (secondary N) is 1. The van der Waals surface area contributed by atoms with Crippen LogP contribution in [0.15, 0.2) is 18.2 Å². The average Bonchev–Trinajstić information content (AvgIpc) is 2.10. The maximum absolute atomic E-state index is 13.1. The number of hydrogen-bond acceptors (Lipinski definition) is 3. The summed E-state index contributed by atoms with van der Waals surface area (Å²) in [4.78, 5) is 0. The average molecular weight is 233 g/mol. The highest BCUT2D eigenvalue weighted by Crippen LogP contribution is 2.14. The number of aryl methyl sites for hydroxylation is 1. The lowest BCUT2D eigenvalue weighted by atomic mass is 10.2. The van der Waals surface area contributed by atoms with Crippen molar-refractivity contribution in [2.45, 2.75) is 6.92 Å². The van der Waals surface area contributed by atoms with Crippen molar-refractivity contribution in [3.05, 3.63) is 29.6 Å². The Bertz CT molecular complexity index is 445. The number of hydrogen-bond donors (Lipinski definition) is 2. The van der Waals surface area contributed by atoms with Gasteiger partial charge in [-0.1, -0.05) is 6.07 Å². The van der Waals surface area contributed by atoms with Crippen LogP contribution in [-0.4, -0.2) is 25.9 Å². The van der Waals surface area contributed by atoms with Crippen molar-refractivity contribution in [2.75, 3.05) is 17.1 Å². The summed E-state index contributed by atoms with van der Waals surface area (Å²) in [6.07, 6.45) is 0. The molecule has 0 spiro atoms. The van der Waals surface area contributed by atoms with E-state index in [9.17, 15) is 12.8 Å². The molecule has 2 N–H and O–H groups in total. The molecule has 0 bridgehead atoms. The Kier molecular flexibility index (Phi) is 3.65. The van der Waals surface area contributed by atoms with Gasteiger partial charge >= 0.3 is 0 Å². The third-order valence-electron chi connectivity index (χ3n) is 1.81. The summed E-state index contributed by atoms with van der Waals surface area (Å²) in [5.41, 5.74) is 0.603. The standard InChI is InChI=1S/C9H12FNO3S/c1-7-2-3-8(6-9(7)10)11-15(13,14)5-4-12/h2-3,6,11-12H,4-5H2,1H3. The smallest absolute Gasteiger partial charge is 0.234 e. The largest absolute Gasteiger partial charge is 0.395 e. The molecule has 1 aromatic carbocycles. The van der Waals surface area contributed by atoms with E-state index < -0.39 is 28.2 Å². The van der Waals surface area contributed by atoms with Gasteiger partial charge in [-0.2, -0.15) is 0 Å². The second kappa shape index (κ2) is 4.59. The van der Waals surface area contributed by atoms with E-state index >= 15 is 0 Å². The third kappa shape index (κ3) is 3.49. The normalized spacial score (nSPS) is 11.4. The number of halogens is 1. The first-order valence-corrected chi connectivity index (χ1v) is 5.97. The van der Waals surface area contributed by atoms with Crippen LogP contribution in [0.5, 0.6) is 0 Å². The zero-order chi connectivity index (χ0) is 11.5. The van der Waals surface area contributed by atoms with E-state index in [1.165, 1.54) is 12.1 Å². The quantitative estimate of drug-likeness (QED) is 0.810. The molecule has 0 aliphatic heterocycles. The molecule has 0 saturated heterocycles. The molecule has 0 saturated carbocycles. The van der Waals surface area contributed by atoms with Gasteiger partial charge in [0.1, 0.15) is 5.82 Å². The summed E-state index contributed by atoms with van der Waals surface area (Å²) < 4.78 is 37.6. The molecule has 0 amide bonds. The van der Waals surface area contributed by atoms with Gasteiger partial charge in [0.2, 0.25) is 10.0 Å². The van der Waals surface area contributed by atoms with Crippen LogP contribution in [0.3, 0.4) is 0 Å². The number of rotatable bonds is 4. The topological polar surface area (TPSA) is 66.4 Å². The van der Waals surface area contributed by atoms with Gasteiger partial charge in [-0.25, -0.2) is 12.8 Å². The molecule has 4 nitrogen and oxygen atoms in total. The van der Waals surface area contributed by atoms with E-state index in [-0.39, 0.29) is 5.69 Å². The number of anilines is 1. The molecule has 1 aromatic rings. The second-order valence-corrected chi connectivity index (χ2v) is 4.95. The summed E-state index contributed by atoms with van der Waals surface area (Å²) in [7, 11) is -3.58. The first kappa shape index (κ1) is 11.9. The van der Waals surface area contributed by atoms with E-state index in [2.05, 4.69) is 4.72 Å². The van der Waals surface area contributed by atoms with Crippen LogP contribution in [0.25, 0.3) is 0 Å². The molecule has 1 rings (SSSR count). The molecular formula is C9H12FNO3S. The zero-order valence-electron chi connectivity index (χ0n) is 8.20. The Morgan fingerprint density at radius 2 is 2.13 bits per heavy atom. The van der Waals surface area contributed by atoms with Crippen molar-refractivity contribution < 1.29 is 17.9 Å². The minimum Gasteiger partial charge on any atom is -0.395 e.